The Morgan fingerprint density at radius 3 is 2.68 bits per heavy atom. The van der Waals surface area contributed by atoms with Crippen LogP contribution in [0.25, 0.3) is 10.9 Å². The predicted molar refractivity (Wildman–Crippen MR) is 151 cm³/mol. The van der Waals surface area contributed by atoms with Crippen LogP contribution in [0.15, 0.2) is 34.9 Å². The van der Waals surface area contributed by atoms with Gasteiger partial charge < -0.3 is 36.3 Å². The fourth-order valence-corrected chi connectivity index (χ4v) is 5.37. The third-order valence-electron chi connectivity index (χ3n) is 6.59. The maximum atomic E-state index is 13.2. The summed E-state index contributed by atoms with van der Waals surface area (Å²) in [5.74, 6) is -3.40. The molecule has 1 aliphatic heterocycles. The van der Waals surface area contributed by atoms with Crippen LogP contribution >= 0.6 is 11.3 Å². The third kappa shape index (κ3) is 7.05. The number of rotatable bonds is 14. The van der Waals surface area contributed by atoms with E-state index in [-0.39, 0.29) is 10.8 Å². The molecule has 0 spiro atoms. The fourth-order valence-electron chi connectivity index (χ4n) is 4.37. The number of aliphatic carboxylic acids is 1. The number of hydroxylamine groups is 2. The zero-order valence-electron chi connectivity index (χ0n) is 23.7. The number of amides is 2. The number of anilines is 1. The first-order chi connectivity index (χ1) is 20.6. The molecule has 18 nitrogen and oxygen atoms in total. The summed E-state index contributed by atoms with van der Waals surface area (Å²) in [5, 5.41) is 20.5. The van der Waals surface area contributed by atoms with Crippen molar-refractivity contribution < 1.29 is 51.0 Å². The van der Waals surface area contributed by atoms with Gasteiger partial charge in [-0.3, -0.25) is 14.1 Å². The molecule has 20 heteroatoms. The second kappa shape index (κ2) is 12.7. The number of carbonyl (C=O) groups excluding carboxylic acids is 3. The van der Waals surface area contributed by atoms with E-state index in [2.05, 4.69) is 19.7 Å². The number of hydrogen-bond acceptors (Lipinski definition) is 14. The van der Waals surface area contributed by atoms with E-state index in [1.807, 2.05) is 28.7 Å². The fraction of sp³-hybridized carbons (Fsp3) is 0.417. The lowest BCUT2D eigenvalue weighted by Crippen LogP contribution is -2.76. The maximum absolute atomic E-state index is 13.2. The van der Waals surface area contributed by atoms with Crippen molar-refractivity contribution >= 4 is 61.3 Å². The van der Waals surface area contributed by atoms with E-state index in [9.17, 15) is 27.9 Å². The highest BCUT2D eigenvalue weighted by Crippen LogP contribution is 2.33. The quantitative estimate of drug-likeness (QED) is 0.0466. The number of oxime groups is 1. The Bertz CT molecular complexity index is 1720. The number of nitrogens with two attached hydrogens (primary N) is 2. The number of carboxylic acids is 1. The number of thiazole rings is 1. The van der Waals surface area contributed by atoms with Gasteiger partial charge in [0.25, 0.3) is 11.8 Å². The summed E-state index contributed by atoms with van der Waals surface area (Å²) < 4.78 is 44.9. The van der Waals surface area contributed by atoms with Gasteiger partial charge in [-0.2, -0.15) is 18.2 Å². The van der Waals surface area contributed by atoms with Gasteiger partial charge in [-0.15, -0.1) is 20.3 Å². The number of carbonyl (C=O) groups is 3. The van der Waals surface area contributed by atoms with E-state index in [1.165, 1.54) is 19.2 Å². The smallest absolute Gasteiger partial charge is 0.418 e. The monoisotopic (exact) mass is 654 g/mol. The predicted octanol–water partition coefficient (Wildman–Crippen LogP) is -2.39. The van der Waals surface area contributed by atoms with Crippen LogP contribution in [-0.4, -0.2) is 82.0 Å². The first kappa shape index (κ1) is 32.5. The van der Waals surface area contributed by atoms with Crippen molar-refractivity contribution in [3.63, 3.8) is 0 Å². The standard InChI is InChI=1S/C24H30N8O10S2/c1-24(2)19(21(34)32(24)42-44(37,38)39)28-20(33)18(15-12-43-23(26)27-15)29-41-17(22(35)36)11-40-14-5-6-16-13(9-14)10-30(3)31(16)8-4-7-25/h5-6,9-10,12,17,19H,4,7-8,11,25H2,1-3H3,(H4-,26,27,28,33,35,36,37,38,39)/b29-18-/t17-,19-/m1/s1. The Morgan fingerprint density at radius 1 is 1.36 bits per heavy atom. The molecular weight excluding hydrogens is 624 g/mol. The number of ether oxygens (including phenoxy) is 1. The van der Waals surface area contributed by atoms with Crippen LogP contribution in [0.1, 0.15) is 26.0 Å². The van der Waals surface area contributed by atoms with Crippen molar-refractivity contribution in [2.24, 2.45) is 17.9 Å². The summed E-state index contributed by atoms with van der Waals surface area (Å²) in [7, 11) is -3.14. The molecule has 0 saturated carbocycles. The van der Waals surface area contributed by atoms with Gasteiger partial charge in [-0.05, 0) is 45.0 Å². The van der Waals surface area contributed by atoms with E-state index >= 15 is 0 Å². The van der Waals surface area contributed by atoms with Crippen molar-refractivity contribution in [1.29, 1.82) is 0 Å². The number of fused-ring (bicyclic) bond motifs is 1. The van der Waals surface area contributed by atoms with E-state index in [0.717, 1.165) is 28.7 Å². The van der Waals surface area contributed by atoms with Gasteiger partial charge in [-0.25, -0.2) is 4.98 Å². The largest absolute Gasteiger partial charge is 0.546 e. The molecule has 238 valence electrons. The van der Waals surface area contributed by atoms with Crippen LogP contribution in [0.5, 0.6) is 5.75 Å². The normalized spacial score (nSPS) is 17.3. The molecule has 1 aliphatic rings. The van der Waals surface area contributed by atoms with Gasteiger partial charge in [0.2, 0.25) is 6.20 Å². The zero-order valence-corrected chi connectivity index (χ0v) is 25.3. The lowest BCUT2D eigenvalue weighted by molar-refractivity contribution is -0.751. The van der Waals surface area contributed by atoms with Crippen LogP contribution in [0.3, 0.4) is 0 Å². The molecule has 1 saturated heterocycles. The van der Waals surface area contributed by atoms with Gasteiger partial charge in [-0.1, -0.05) is 5.16 Å². The van der Waals surface area contributed by atoms with Gasteiger partial charge in [0, 0.05) is 5.38 Å². The number of hydrogen-bond donors (Lipinski definition) is 4. The van der Waals surface area contributed by atoms with Crippen LogP contribution < -0.4 is 31.3 Å². The van der Waals surface area contributed by atoms with E-state index in [1.54, 1.807) is 12.1 Å². The molecule has 44 heavy (non-hydrogen) atoms. The van der Waals surface area contributed by atoms with Crippen molar-refractivity contribution in [3.8, 4) is 5.75 Å². The second-order valence-corrected chi connectivity index (χ2v) is 12.0. The summed E-state index contributed by atoms with van der Waals surface area (Å²) >= 11 is 0.949. The molecule has 3 heterocycles. The Kier molecular flexibility index (Phi) is 9.39. The highest BCUT2D eigenvalue weighted by atomic mass is 32.3. The number of aryl methyl sites for hydroxylation is 2. The molecule has 0 bridgehead atoms. The minimum atomic E-state index is -5.02. The van der Waals surface area contributed by atoms with Crippen molar-refractivity contribution in [2.75, 3.05) is 18.9 Å². The molecule has 2 aromatic heterocycles. The van der Waals surface area contributed by atoms with Crippen LogP contribution in [0.4, 0.5) is 5.13 Å². The summed E-state index contributed by atoms with van der Waals surface area (Å²) in [6.45, 7) is 3.40. The molecule has 0 aliphatic carbocycles. The second-order valence-electron chi connectivity index (χ2n) is 10.1. The first-order valence-corrected chi connectivity index (χ1v) is 15.2. The lowest BCUT2D eigenvalue weighted by Gasteiger charge is -2.50. The SMILES string of the molecule is C[n+]1cc2cc(OC[C@@H](O/N=C(\C(=O)N[C@@H]3C(=O)N(OS(=O)(=O)O)C3(C)C)c3csc(N)n3)C(=O)[O-])ccc2n1CCCN. The molecular formula is C24H30N8O10S2. The highest BCUT2D eigenvalue weighted by molar-refractivity contribution is 7.80. The van der Waals surface area contributed by atoms with E-state index < -0.39 is 58.2 Å². The van der Waals surface area contributed by atoms with Crippen LogP contribution in [-0.2, 0) is 47.5 Å². The number of carboxylic acid groups (broad SMARTS) is 1. The minimum absolute atomic E-state index is 0.0497. The number of β-lactam (4-membered cyclic amide) rings is 1. The van der Waals surface area contributed by atoms with Gasteiger partial charge in [0.15, 0.2) is 24.0 Å². The third-order valence-corrected chi connectivity index (χ3v) is 7.61. The molecule has 1 fully saturated rings. The lowest BCUT2D eigenvalue weighted by atomic mass is 9.84. The van der Waals surface area contributed by atoms with Gasteiger partial charge >= 0.3 is 10.4 Å². The summed E-state index contributed by atoms with van der Waals surface area (Å²) in [6.07, 6.45) is 0.877. The first-order valence-electron chi connectivity index (χ1n) is 12.9. The van der Waals surface area contributed by atoms with E-state index in [4.69, 9.17) is 25.6 Å². The average Bonchev–Trinajstić information content (AvgIpc) is 3.51. The molecule has 0 unspecified atom stereocenters. The number of nitrogens with one attached hydrogen (secondary N) is 1. The minimum Gasteiger partial charge on any atom is -0.546 e. The van der Waals surface area contributed by atoms with Crippen molar-refractivity contribution in [1.82, 2.24) is 20.0 Å². The molecule has 6 N–H and O–H groups in total. The van der Waals surface area contributed by atoms with Crippen LogP contribution in [0.2, 0.25) is 0 Å². The molecule has 2 atom stereocenters. The number of nitrogen functional groups attached to an aromatic ring is 1. The summed E-state index contributed by atoms with van der Waals surface area (Å²) in [6, 6.07) is 3.85. The number of benzene rings is 1. The summed E-state index contributed by atoms with van der Waals surface area (Å²) in [5.41, 5.74) is 10.1. The Labute approximate surface area is 254 Å². The zero-order chi connectivity index (χ0) is 32.4. The highest BCUT2D eigenvalue weighted by Gasteiger charge is 2.58. The molecule has 4 rings (SSSR count). The Morgan fingerprint density at radius 2 is 2.09 bits per heavy atom. The molecule has 3 aromatic rings. The molecule has 1 aromatic carbocycles. The van der Waals surface area contributed by atoms with Gasteiger partial charge in [0.1, 0.15) is 29.6 Å². The van der Waals surface area contributed by atoms with Crippen molar-refractivity contribution in [3.05, 3.63) is 35.5 Å². The Hall–Kier alpha value is -4.37. The van der Waals surface area contributed by atoms with E-state index in [0.29, 0.717) is 23.9 Å². The molecule has 2 amide bonds. The van der Waals surface area contributed by atoms with Crippen molar-refractivity contribution in [2.45, 2.75) is 44.5 Å². The number of nitrogens with zero attached hydrogens (tertiary/aromatic N) is 5. The van der Waals surface area contributed by atoms with Crippen LogP contribution in [0, 0.1) is 0 Å². The topological polar surface area (TPSA) is 258 Å². The number of aromatic nitrogens is 3. The molecule has 0 radical (unpaired) electrons. The average molecular weight is 655 g/mol. The summed E-state index contributed by atoms with van der Waals surface area (Å²) in [4.78, 5) is 46.6. The maximum Gasteiger partial charge on any atom is 0.418 e. The van der Waals surface area contributed by atoms with Gasteiger partial charge in [0.05, 0.1) is 23.4 Å². The Balaban J connectivity index is 1.49.